The molecule has 40 heavy (non-hydrogen) atoms. The molecule has 6 aromatic rings. The zero-order valence-electron chi connectivity index (χ0n) is 26.3. The lowest BCUT2D eigenvalue weighted by Gasteiger charge is -2.25. The molecular weight excluding hydrogens is 486 g/mol. The topological polar surface area (TPSA) is 18.1 Å². The van der Waals surface area contributed by atoms with Gasteiger partial charge in [0.1, 0.15) is 11.2 Å². The first-order valence-electron chi connectivity index (χ1n) is 14.8. The number of hydrogen-bond donors (Lipinski definition) is 0. The van der Waals surface area contributed by atoms with Crippen molar-refractivity contribution >= 4 is 43.7 Å². The molecule has 0 spiro atoms. The summed E-state index contributed by atoms with van der Waals surface area (Å²) in [6.45, 7) is 24.6. The third-order valence-corrected chi connectivity index (χ3v) is 7.98. The molecule has 0 aliphatic rings. The summed E-state index contributed by atoms with van der Waals surface area (Å²) in [5.41, 5.74) is 9.43. The first-order chi connectivity index (χ1) is 18.7. The lowest BCUT2D eigenvalue weighted by atomic mass is 9.79. The van der Waals surface area contributed by atoms with Gasteiger partial charge in [-0.2, -0.15) is 0 Å². The van der Waals surface area contributed by atoms with Gasteiger partial charge in [-0.15, -0.1) is 0 Å². The van der Waals surface area contributed by atoms with Gasteiger partial charge in [-0.05, 0) is 52.1 Å². The molecule has 0 saturated carbocycles. The van der Waals surface area contributed by atoms with Crippen molar-refractivity contribution in [3.63, 3.8) is 0 Å². The maximum absolute atomic E-state index is 6.87. The molecule has 208 valence electrons. The van der Waals surface area contributed by atoms with Crippen molar-refractivity contribution in [2.75, 3.05) is 0 Å². The smallest absolute Gasteiger partial charge is 0.139 e. The number of aromatic nitrogens is 1. The van der Waals surface area contributed by atoms with Crippen LogP contribution in [0, 0.1) is 0 Å². The monoisotopic (exact) mass is 531 g/mol. The highest BCUT2D eigenvalue weighted by Gasteiger charge is 2.28. The van der Waals surface area contributed by atoms with Gasteiger partial charge in [0.05, 0.1) is 11.0 Å². The zero-order valence-corrected chi connectivity index (χ0v) is 26.3. The van der Waals surface area contributed by atoms with Crippen molar-refractivity contribution in [3.05, 3.63) is 89.5 Å². The lowest BCUT2D eigenvalue weighted by Crippen LogP contribution is -2.16. The highest BCUT2D eigenvalue weighted by molar-refractivity contribution is 6.11. The van der Waals surface area contributed by atoms with E-state index in [2.05, 4.69) is 140 Å². The number of rotatable bonds is 1. The van der Waals surface area contributed by atoms with Crippen molar-refractivity contribution in [3.8, 4) is 5.69 Å². The van der Waals surface area contributed by atoms with E-state index in [4.69, 9.17) is 4.42 Å². The molecule has 6 rings (SSSR count). The average molecular weight is 532 g/mol. The van der Waals surface area contributed by atoms with E-state index in [1.807, 2.05) is 13.8 Å². The van der Waals surface area contributed by atoms with Gasteiger partial charge in [-0.1, -0.05) is 119 Å². The van der Waals surface area contributed by atoms with Crippen LogP contribution in [-0.2, 0) is 16.2 Å². The van der Waals surface area contributed by atoms with Crippen LogP contribution in [0.2, 0.25) is 0 Å². The van der Waals surface area contributed by atoms with Crippen LogP contribution in [0.3, 0.4) is 0 Å². The normalized spacial score (nSPS) is 12.9. The van der Waals surface area contributed by atoms with Crippen molar-refractivity contribution < 1.29 is 4.42 Å². The second kappa shape index (κ2) is 9.54. The predicted molar refractivity (Wildman–Crippen MR) is 176 cm³/mol. The molecule has 0 fully saturated rings. The zero-order chi connectivity index (χ0) is 29.2. The minimum Gasteiger partial charge on any atom is -0.455 e. The Balaban J connectivity index is 0.00000158. The van der Waals surface area contributed by atoms with Crippen LogP contribution in [0.15, 0.2) is 77.2 Å². The summed E-state index contributed by atoms with van der Waals surface area (Å²) < 4.78 is 9.30. The van der Waals surface area contributed by atoms with Gasteiger partial charge in [-0.25, -0.2) is 0 Å². The number of nitrogens with zero attached hydrogens (tertiary/aromatic N) is 1. The lowest BCUT2D eigenvalue weighted by molar-refractivity contribution is 0.550. The third kappa shape index (κ3) is 4.52. The van der Waals surface area contributed by atoms with Crippen LogP contribution in [-0.4, -0.2) is 4.57 Å². The Morgan fingerprint density at radius 1 is 0.500 bits per heavy atom. The van der Waals surface area contributed by atoms with Gasteiger partial charge in [0.2, 0.25) is 0 Å². The summed E-state index contributed by atoms with van der Waals surface area (Å²) >= 11 is 0. The minimum atomic E-state index is -0.0876. The van der Waals surface area contributed by atoms with Gasteiger partial charge < -0.3 is 8.98 Å². The van der Waals surface area contributed by atoms with Crippen molar-refractivity contribution in [2.45, 2.75) is 92.4 Å². The van der Waals surface area contributed by atoms with Crippen LogP contribution in [0.5, 0.6) is 0 Å². The van der Waals surface area contributed by atoms with Gasteiger partial charge in [0.15, 0.2) is 0 Å². The SMILES string of the molecule is CC.CC(C)(C)c1cc(C(C)(C)C)c2oc3c(C(C)(C)C)cc(-n4c5ccccc5c5ccccc54)cc3c2c1. The fraction of sp³-hybridized carbons (Fsp3) is 0.368. The van der Waals surface area contributed by atoms with Gasteiger partial charge in [0.25, 0.3) is 0 Å². The fourth-order valence-electron chi connectivity index (χ4n) is 5.84. The molecule has 0 bridgehead atoms. The molecule has 0 amide bonds. The summed E-state index contributed by atoms with van der Waals surface area (Å²) in [4.78, 5) is 0. The van der Waals surface area contributed by atoms with Gasteiger partial charge in [-0.3, -0.25) is 0 Å². The molecule has 0 aliphatic carbocycles. The molecule has 2 aromatic heterocycles. The second-order valence-corrected chi connectivity index (χ2v) is 14.0. The molecule has 2 heterocycles. The Bertz CT molecular complexity index is 1800. The molecule has 0 saturated heterocycles. The molecule has 0 N–H and O–H groups in total. The van der Waals surface area contributed by atoms with E-state index in [-0.39, 0.29) is 16.2 Å². The quantitative estimate of drug-likeness (QED) is 0.206. The third-order valence-electron chi connectivity index (χ3n) is 7.98. The largest absolute Gasteiger partial charge is 0.455 e. The van der Waals surface area contributed by atoms with E-state index in [0.717, 1.165) is 11.2 Å². The van der Waals surface area contributed by atoms with Crippen LogP contribution in [0.4, 0.5) is 0 Å². The van der Waals surface area contributed by atoms with Gasteiger partial charge in [0, 0.05) is 38.4 Å². The van der Waals surface area contributed by atoms with E-state index in [1.54, 1.807) is 0 Å². The van der Waals surface area contributed by atoms with E-state index in [1.165, 1.54) is 55.0 Å². The summed E-state index contributed by atoms with van der Waals surface area (Å²) in [6.07, 6.45) is 0. The van der Waals surface area contributed by atoms with Crippen molar-refractivity contribution in [1.29, 1.82) is 0 Å². The summed E-state index contributed by atoms with van der Waals surface area (Å²) in [5.74, 6) is 0. The van der Waals surface area contributed by atoms with Crippen molar-refractivity contribution in [1.82, 2.24) is 4.57 Å². The molecule has 0 unspecified atom stereocenters. The van der Waals surface area contributed by atoms with E-state index in [0.29, 0.717) is 0 Å². The number of fused-ring (bicyclic) bond motifs is 6. The Hall–Kier alpha value is -3.52. The Kier molecular flexibility index (Phi) is 6.69. The maximum Gasteiger partial charge on any atom is 0.139 e. The van der Waals surface area contributed by atoms with Gasteiger partial charge >= 0.3 is 0 Å². The summed E-state index contributed by atoms with van der Waals surface area (Å²) in [5, 5.41) is 4.97. The predicted octanol–water partition coefficient (Wildman–Crippen LogP) is 11.6. The molecule has 2 heteroatoms. The fourth-order valence-corrected chi connectivity index (χ4v) is 5.84. The first-order valence-corrected chi connectivity index (χ1v) is 14.8. The molecule has 0 aliphatic heterocycles. The number of benzene rings is 4. The summed E-state index contributed by atoms with van der Waals surface area (Å²) in [7, 11) is 0. The second-order valence-electron chi connectivity index (χ2n) is 14.0. The highest BCUT2D eigenvalue weighted by Crippen LogP contribution is 2.44. The molecule has 2 nitrogen and oxygen atoms in total. The number of para-hydroxylation sites is 2. The minimum absolute atomic E-state index is 0.0368. The van der Waals surface area contributed by atoms with E-state index >= 15 is 0 Å². The Labute approximate surface area is 240 Å². The maximum atomic E-state index is 6.87. The standard InChI is InChI=1S/C36H39NO.C2H6/c1-34(2,3)22-18-26-27-20-23(37-30-16-12-10-14-24(30)25-15-11-13-17-31(25)37)21-29(36(7,8)9)33(27)38-32(26)28(19-22)35(4,5)6;1-2/h10-21H,1-9H3;1-2H3. The molecule has 4 aromatic carbocycles. The highest BCUT2D eigenvalue weighted by atomic mass is 16.3. The Morgan fingerprint density at radius 2 is 0.950 bits per heavy atom. The average Bonchev–Trinajstić information content (AvgIpc) is 3.43. The summed E-state index contributed by atoms with van der Waals surface area (Å²) in [6, 6.07) is 26.9. The molecular formula is C38H45NO. The van der Waals surface area contributed by atoms with E-state index < -0.39 is 0 Å². The van der Waals surface area contributed by atoms with Crippen LogP contribution >= 0.6 is 0 Å². The van der Waals surface area contributed by atoms with E-state index in [9.17, 15) is 0 Å². The van der Waals surface area contributed by atoms with Crippen LogP contribution in [0.25, 0.3) is 49.4 Å². The Morgan fingerprint density at radius 3 is 1.43 bits per heavy atom. The first kappa shape index (κ1) is 28.0. The number of hydrogen-bond acceptors (Lipinski definition) is 1. The van der Waals surface area contributed by atoms with Crippen LogP contribution < -0.4 is 0 Å². The molecule has 0 radical (unpaired) electrons. The molecule has 0 atom stereocenters. The number of furan rings is 1. The van der Waals surface area contributed by atoms with Crippen LogP contribution in [0.1, 0.15) is 92.9 Å². The van der Waals surface area contributed by atoms with Crippen molar-refractivity contribution in [2.24, 2.45) is 0 Å².